The van der Waals surface area contributed by atoms with Crippen molar-refractivity contribution in [1.29, 1.82) is 0 Å². The summed E-state index contributed by atoms with van der Waals surface area (Å²) >= 11 is 0. The van der Waals surface area contributed by atoms with Crippen LogP contribution in [-0.4, -0.2) is 97.9 Å². The van der Waals surface area contributed by atoms with Gasteiger partial charge in [-0.2, -0.15) is 0 Å². The number of ketones is 3. The van der Waals surface area contributed by atoms with Crippen LogP contribution in [0.25, 0.3) is 10.9 Å². The highest BCUT2D eigenvalue weighted by Gasteiger charge is 2.25. The molecule has 0 amide bonds. The first-order valence-corrected chi connectivity index (χ1v) is 31.3. The lowest BCUT2D eigenvalue weighted by atomic mass is 9.97. The van der Waals surface area contributed by atoms with Crippen molar-refractivity contribution < 1.29 is 56.7 Å². The van der Waals surface area contributed by atoms with Crippen molar-refractivity contribution in [2.24, 2.45) is 0 Å². The number of aryl methyl sites for hydroxylation is 4. The SMILES string of the molecule is C=CCn1c(C)cc(C(=O)COC(=O)c2ccccc2Oc2ccccc2)c1C.CCc1nc2ccccc2c(C(=O)OCC(=O)c2cc(C)n(CCOC)c2C)c1C.Cc1cc(C(=O)COC(=O)c2ccccc2S(C)=O)c(C)n1CCC1=CCCCC1. The number of fused-ring (bicyclic) bond motifs is 1. The van der Waals surface area contributed by atoms with Crippen LogP contribution in [0.3, 0.4) is 0 Å². The predicted molar refractivity (Wildman–Crippen MR) is 346 cm³/mol. The zero-order valence-corrected chi connectivity index (χ0v) is 53.5. The number of Topliss-reactive ketones (excluding diaryl/α,β-unsaturated/α-hetero) is 3. The molecule has 0 bridgehead atoms. The van der Waals surface area contributed by atoms with Crippen LogP contribution < -0.4 is 4.74 Å². The number of carbonyl (C=O) groups excluding carboxylic acids is 6. The molecule has 4 heterocycles. The van der Waals surface area contributed by atoms with Crippen molar-refractivity contribution in [3.63, 3.8) is 0 Å². The molecule has 4 aromatic heterocycles. The molecule has 16 nitrogen and oxygen atoms in total. The van der Waals surface area contributed by atoms with Gasteiger partial charge in [-0.15, -0.1) is 6.58 Å². The summed E-state index contributed by atoms with van der Waals surface area (Å²) in [5.41, 5.74) is 12.1. The van der Waals surface area contributed by atoms with Crippen LogP contribution in [0.15, 0.2) is 151 Å². The highest BCUT2D eigenvalue weighted by atomic mass is 32.2. The fourth-order valence-electron chi connectivity index (χ4n) is 11.0. The zero-order valence-electron chi connectivity index (χ0n) is 52.7. The fraction of sp³-hybridized carbons (Fsp3) is 0.319. The maximum Gasteiger partial charge on any atom is 0.342 e. The van der Waals surface area contributed by atoms with Crippen LogP contribution in [0.5, 0.6) is 11.5 Å². The van der Waals surface area contributed by atoms with Gasteiger partial charge in [0, 0.05) is 94.9 Å². The summed E-state index contributed by atoms with van der Waals surface area (Å²) in [7, 11) is 0.334. The topological polar surface area (TPSA) is 193 Å². The number of ether oxygens (including phenoxy) is 5. The fourth-order valence-corrected chi connectivity index (χ4v) is 11.7. The lowest BCUT2D eigenvalue weighted by Gasteiger charge is -2.15. The van der Waals surface area contributed by atoms with Gasteiger partial charge in [-0.25, -0.2) is 14.4 Å². The Bertz CT molecular complexity index is 3940. The van der Waals surface area contributed by atoms with Gasteiger partial charge in [0.25, 0.3) is 0 Å². The number of hydrogen-bond donors (Lipinski definition) is 0. The third-order valence-corrected chi connectivity index (χ3v) is 16.7. The summed E-state index contributed by atoms with van der Waals surface area (Å²) in [5.74, 6) is -1.44. The summed E-state index contributed by atoms with van der Waals surface area (Å²) in [4.78, 5) is 81.1. The minimum Gasteiger partial charge on any atom is -0.456 e. The minimum atomic E-state index is -1.31. The molecule has 466 valence electrons. The normalized spacial score (nSPS) is 12.1. The van der Waals surface area contributed by atoms with Gasteiger partial charge in [0.1, 0.15) is 17.1 Å². The third kappa shape index (κ3) is 17.2. The zero-order chi connectivity index (χ0) is 64.3. The Balaban J connectivity index is 0.000000190. The van der Waals surface area contributed by atoms with Gasteiger partial charge in [0.15, 0.2) is 19.8 Å². The number of hydrogen-bond acceptors (Lipinski definition) is 13. The lowest BCUT2D eigenvalue weighted by molar-refractivity contribution is 0.0468. The number of carbonyl (C=O) groups is 6. The van der Waals surface area contributed by atoms with E-state index in [-0.39, 0.29) is 48.3 Å². The van der Waals surface area contributed by atoms with E-state index in [9.17, 15) is 33.0 Å². The van der Waals surface area contributed by atoms with E-state index in [0.717, 1.165) is 69.3 Å². The van der Waals surface area contributed by atoms with Gasteiger partial charge >= 0.3 is 17.9 Å². The van der Waals surface area contributed by atoms with Gasteiger partial charge < -0.3 is 37.4 Å². The van der Waals surface area contributed by atoms with Crippen LogP contribution >= 0.6 is 0 Å². The number of nitrogens with zero attached hydrogens (tertiary/aromatic N) is 4. The van der Waals surface area contributed by atoms with Crippen molar-refractivity contribution in [2.45, 2.75) is 118 Å². The molecule has 0 fully saturated rings. The maximum atomic E-state index is 13.0. The first-order valence-electron chi connectivity index (χ1n) is 29.8. The van der Waals surface area contributed by atoms with E-state index in [1.54, 1.807) is 73.8 Å². The highest BCUT2D eigenvalue weighted by Crippen LogP contribution is 2.29. The van der Waals surface area contributed by atoms with Crippen LogP contribution in [0.1, 0.15) is 147 Å². The number of rotatable bonds is 24. The van der Waals surface area contributed by atoms with Gasteiger partial charge in [0.2, 0.25) is 17.3 Å². The van der Waals surface area contributed by atoms with E-state index >= 15 is 0 Å². The maximum absolute atomic E-state index is 13.0. The number of aromatic nitrogens is 4. The Labute approximate surface area is 524 Å². The van der Waals surface area contributed by atoms with E-state index in [1.807, 2.05) is 125 Å². The molecule has 17 heteroatoms. The van der Waals surface area contributed by atoms with E-state index in [4.69, 9.17) is 23.7 Å². The Hall–Kier alpha value is -9.06. The molecule has 89 heavy (non-hydrogen) atoms. The van der Waals surface area contributed by atoms with Crippen molar-refractivity contribution >= 4 is 57.0 Å². The molecule has 1 aliphatic rings. The largest absolute Gasteiger partial charge is 0.456 e. The van der Waals surface area contributed by atoms with E-state index in [0.29, 0.717) is 64.8 Å². The number of allylic oxidation sites excluding steroid dienone is 3. The Morgan fingerprint density at radius 1 is 0.607 bits per heavy atom. The van der Waals surface area contributed by atoms with Crippen molar-refractivity contribution in [3.8, 4) is 11.5 Å². The summed E-state index contributed by atoms with van der Waals surface area (Å²) in [6.45, 7) is 20.9. The van der Waals surface area contributed by atoms with E-state index in [2.05, 4.69) is 22.2 Å². The Kier molecular flexibility index (Phi) is 24.4. The van der Waals surface area contributed by atoms with Crippen molar-refractivity contribution in [1.82, 2.24) is 18.7 Å². The van der Waals surface area contributed by atoms with Crippen LogP contribution in [0.2, 0.25) is 0 Å². The number of esters is 3. The molecule has 0 radical (unpaired) electrons. The second kappa shape index (κ2) is 32.2. The molecule has 9 rings (SSSR count). The molecule has 1 aliphatic carbocycles. The summed E-state index contributed by atoms with van der Waals surface area (Å²) < 4.78 is 44.9. The van der Waals surface area contributed by atoms with Gasteiger partial charge in [-0.05, 0) is 153 Å². The standard InChI is InChI=1S/C24H28N2O4.C24H29NO4S.C24H23NO4/c1-6-20-16(3)23(18-9-7-8-10-21(18)25-20)24(28)30-14-22(27)19-13-15(2)26(17(19)4)11-12-29-5;1-17-15-21(18(2)25(17)14-13-19-9-5-4-6-10-19)22(26)16-29-24(27)20-11-7-8-12-23(20)30(3)28;1-4-14-25-17(2)15-21(18(25)3)22(26)16-28-24(27)20-12-8-9-13-23(20)29-19-10-6-5-7-11-19/h7-10,13H,6,11-12,14H2,1-5H3;7-9,11-12,15H,4-6,10,13-14,16H2,1-3H3;4-13,15H,1,14,16H2,2-3H3. The van der Waals surface area contributed by atoms with Crippen LogP contribution in [0.4, 0.5) is 0 Å². The van der Waals surface area contributed by atoms with Gasteiger partial charge in [-0.1, -0.05) is 85.3 Å². The first-order chi connectivity index (χ1) is 42.8. The molecule has 0 N–H and O–H groups in total. The summed E-state index contributed by atoms with van der Waals surface area (Å²) in [5, 5.41) is 0.738. The smallest absolute Gasteiger partial charge is 0.342 e. The monoisotopic (exact) mass is 1220 g/mol. The third-order valence-electron chi connectivity index (χ3n) is 15.8. The summed E-state index contributed by atoms with van der Waals surface area (Å²) in [6.07, 6.45) is 12.2. The van der Waals surface area contributed by atoms with Crippen molar-refractivity contribution in [3.05, 3.63) is 224 Å². The molecular weight excluding hydrogens is 1140 g/mol. The molecule has 4 aromatic carbocycles. The average molecular weight is 1230 g/mol. The van der Waals surface area contributed by atoms with Crippen LogP contribution in [0, 0.1) is 48.5 Å². The second-order valence-electron chi connectivity index (χ2n) is 21.7. The molecule has 8 aromatic rings. The predicted octanol–water partition coefficient (Wildman–Crippen LogP) is 14.1. The Morgan fingerprint density at radius 3 is 1.70 bits per heavy atom. The summed E-state index contributed by atoms with van der Waals surface area (Å²) in [6, 6.07) is 35.6. The number of benzene rings is 4. The molecule has 0 spiro atoms. The van der Waals surface area contributed by atoms with E-state index in [1.165, 1.54) is 37.5 Å². The molecular formula is C72H80N4O12S. The van der Waals surface area contributed by atoms with Gasteiger partial charge in [0.05, 0.1) is 38.9 Å². The minimum absolute atomic E-state index is 0.216. The average Bonchev–Trinajstić information content (AvgIpc) is 2.05. The molecule has 0 saturated heterocycles. The molecule has 1 unspecified atom stereocenters. The molecule has 1 atom stereocenters. The molecule has 0 aliphatic heterocycles. The number of para-hydroxylation sites is 3. The van der Waals surface area contributed by atoms with Crippen molar-refractivity contribution in [2.75, 3.05) is 39.8 Å². The van der Waals surface area contributed by atoms with Crippen LogP contribution in [-0.2, 0) is 55.8 Å². The van der Waals surface area contributed by atoms with E-state index < -0.39 is 28.7 Å². The first kappa shape index (κ1) is 67.4. The quantitative estimate of drug-likeness (QED) is 0.0240. The second-order valence-corrected chi connectivity index (χ2v) is 23.0. The number of methoxy groups -OCH3 is 1. The van der Waals surface area contributed by atoms with Gasteiger partial charge in [-0.3, -0.25) is 23.6 Å². The lowest BCUT2D eigenvalue weighted by Crippen LogP contribution is -2.17. The Morgan fingerprint density at radius 2 is 1.12 bits per heavy atom. The molecule has 0 saturated carbocycles. The number of pyridine rings is 1. The highest BCUT2D eigenvalue weighted by molar-refractivity contribution is 7.84.